The summed E-state index contributed by atoms with van der Waals surface area (Å²) in [5, 5.41) is 2.39. The molecule has 4 heteroatoms. The number of hydrogen-bond acceptors (Lipinski definition) is 3. The van der Waals surface area contributed by atoms with E-state index in [0.29, 0.717) is 5.95 Å². The zero-order valence-corrected chi connectivity index (χ0v) is 34.1. The van der Waals surface area contributed by atoms with Crippen LogP contribution in [-0.4, -0.2) is 14.5 Å². The van der Waals surface area contributed by atoms with Crippen molar-refractivity contribution >= 4 is 51.0 Å². The van der Waals surface area contributed by atoms with E-state index in [-0.39, 0.29) is 5.41 Å². The highest BCUT2D eigenvalue weighted by atomic mass is 15.2. The standard InChI is InChI=1S/C57H42N4/c1-57(2)50-37-40(28-27-39-29-32-45(33-30-39)60(43-21-11-5-12-22-43)44-23-13-6-14-24-44)31-34-46(50)48-35-36-49-47-25-15-16-26-53(47)61(55(49)54(48)57)56-58-51(41-17-7-3-8-18-41)38-52(59-56)42-19-9-4-10-20-42/h3-38H,1-2H3. The van der Waals surface area contributed by atoms with Gasteiger partial charge in [-0.1, -0.05) is 184 Å². The van der Waals surface area contributed by atoms with Crippen LogP contribution in [0.4, 0.5) is 17.1 Å². The highest BCUT2D eigenvalue weighted by molar-refractivity contribution is 6.13. The quantitative estimate of drug-likeness (QED) is 0.144. The Morgan fingerprint density at radius 2 is 0.967 bits per heavy atom. The van der Waals surface area contributed by atoms with Crippen molar-refractivity contribution in [3.05, 3.63) is 229 Å². The number of para-hydroxylation sites is 3. The summed E-state index contributed by atoms with van der Waals surface area (Å²) in [6.45, 7) is 4.74. The van der Waals surface area contributed by atoms with Gasteiger partial charge in [-0.05, 0) is 81.9 Å². The van der Waals surface area contributed by atoms with Crippen molar-refractivity contribution in [1.82, 2.24) is 14.5 Å². The molecule has 0 aliphatic heterocycles. The van der Waals surface area contributed by atoms with Crippen LogP contribution in [0.25, 0.3) is 73.5 Å². The molecule has 0 N–H and O–H groups in total. The first-order chi connectivity index (χ1) is 30.0. The van der Waals surface area contributed by atoms with Crippen molar-refractivity contribution in [3.63, 3.8) is 0 Å². The lowest BCUT2D eigenvalue weighted by Gasteiger charge is -2.25. The zero-order valence-electron chi connectivity index (χ0n) is 34.1. The van der Waals surface area contributed by atoms with E-state index >= 15 is 0 Å². The molecular formula is C57H42N4. The van der Waals surface area contributed by atoms with Crippen LogP contribution in [-0.2, 0) is 5.41 Å². The van der Waals surface area contributed by atoms with Gasteiger partial charge in [-0.15, -0.1) is 0 Å². The predicted octanol–water partition coefficient (Wildman–Crippen LogP) is 14.9. The highest BCUT2D eigenvalue weighted by Crippen LogP contribution is 2.53. The SMILES string of the molecule is CC1(C)c2cc(C=Cc3ccc(N(c4ccccc4)c4ccccc4)cc3)ccc2-c2ccc3c4ccccc4n(-c4nc(-c5ccccc5)cc(-c5ccccc5)n4)c3c21. The van der Waals surface area contributed by atoms with Gasteiger partial charge in [0.2, 0.25) is 5.95 Å². The number of benzene rings is 8. The first-order valence-electron chi connectivity index (χ1n) is 20.9. The minimum absolute atomic E-state index is 0.306. The van der Waals surface area contributed by atoms with E-state index in [2.05, 4.69) is 230 Å². The summed E-state index contributed by atoms with van der Waals surface area (Å²) in [6.07, 6.45) is 4.45. The Morgan fingerprint density at radius 1 is 0.459 bits per heavy atom. The fourth-order valence-electron chi connectivity index (χ4n) is 9.25. The molecule has 0 atom stereocenters. The van der Waals surface area contributed by atoms with Gasteiger partial charge in [0.15, 0.2) is 0 Å². The summed E-state index contributed by atoms with van der Waals surface area (Å²) in [7, 11) is 0. The maximum absolute atomic E-state index is 5.35. The van der Waals surface area contributed by atoms with E-state index < -0.39 is 0 Å². The van der Waals surface area contributed by atoms with Gasteiger partial charge in [-0.3, -0.25) is 4.57 Å². The molecule has 8 aromatic carbocycles. The maximum atomic E-state index is 5.35. The fourth-order valence-corrected chi connectivity index (χ4v) is 9.25. The number of nitrogens with zero attached hydrogens (tertiary/aromatic N) is 4. The molecule has 0 amide bonds. The van der Waals surface area contributed by atoms with Crippen LogP contribution < -0.4 is 4.90 Å². The molecule has 1 aliphatic rings. The van der Waals surface area contributed by atoms with Crippen molar-refractivity contribution in [2.75, 3.05) is 4.90 Å². The van der Waals surface area contributed by atoms with E-state index in [1.807, 2.05) is 12.1 Å². The second-order valence-corrected chi connectivity index (χ2v) is 16.3. The molecule has 0 radical (unpaired) electrons. The van der Waals surface area contributed by atoms with Gasteiger partial charge in [0.05, 0.1) is 22.4 Å². The largest absolute Gasteiger partial charge is 0.311 e. The minimum atomic E-state index is -0.306. The van der Waals surface area contributed by atoms with Crippen molar-refractivity contribution in [2.45, 2.75) is 19.3 Å². The highest BCUT2D eigenvalue weighted by Gasteiger charge is 2.39. The van der Waals surface area contributed by atoms with E-state index in [0.717, 1.165) is 56.2 Å². The molecule has 2 heterocycles. The number of aromatic nitrogens is 3. The van der Waals surface area contributed by atoms with Crippen LogP contribution in [0.2, 0.25) is 0 Å². The third-order valence-corrected chi connectivity index (χ3v) is 12.2. The van der Waals surface area contributed by atoms with Crippen LogP contribution in [0.1, 0.15) is 36.1 Å². The molecule has 11 rings (SSSR count). The van der Waals surface area contributed by atoms with Crippen LogP contribution in [0.3, 0.4) is 0 Å². The normalized spacial score (nSPS) is 12.8. The average molecular weight is 783 g/mol. The van der Waals surface area contributed by atoms with E-state index in [1.54, 1.807) is 0 Å². The Labute approximate surface area is 356 Å². The molecule has 61 heavy (non-hydrogen) atoms. The molecule has 0 spiro atoms. The molecule has 0 saturated heterocycles. The third kappa shape index (κ3) is 6.32. The first-order valence-corrected chi connectivity index (χ1v) is 20.9. The molecule has 0 saturated carbocycles. The van der Waals surface area contributed by atoms with Gasteiger partial charge in [-0.2, -0.15) is 0 Å². The smallest absolute Gasteiger partial charge is 0.235 e. The molecule has 0 bridgehead atoms. The Bertz CT molecular complexity index is 3140. The topological polar surface area (TPSA) is 34.0 Å². The number of anilines is 3. The van der Waals surface area contributed by atoms with Gasteiger partial charge in [0, 0.05) is 44.4 Å². The molecule has 10 aromatic rings. The maximum Gasteiger partial charge on any atom is 0.235 e. The summed E-state index contributed by atoms with van der Waals surface area (Å²) >= 11 is 0. The van der Waals surface area contributed by atoms with E-state index in [9.17, 15) is 0 Å². The molecule has 290 valence electrons. The molecule has 1 aliphatic carbocycles. The van der Waals surface area contributed by atoms with Gasteiger partial charge in [0.25, 0.3) is 0 Å². The molecule has 2 aromatic heterocycles. The Morgan fingerprint density at radius 3 is 1.59 bits per heavy atom. The molecular weight excluding hydrogens is 741 g/mol. The minimum Gasteiger partial charge on any atom is -0.311 e. The zero-order chi connectivity index (χ0) is 40.9. The van der Waals surface area contributed by atoms with Crippen LogP contribution in [0.15, 0.2) is 206 Å². The van der Waals surface area contributed by atoms with Crippen molar-refractivity contribution < 1.29 is 0 Å². The number of fused-ring (bicyclic) bond motifs is 7. The number of rotatable bonds is 8. The Kier molecular flexibility index (Phi) is 8.79. The lowest BCUT2D eigenvalue weighted by molar-refractivity contribution is 0.663. The van der Waals surface area contributed by atoms with Crippen molar-refractivity contribution in [2.24, 2.45) is 0 Å². The van der Waals surface area contributed by atoms with Gasteiger partial charge < -0.3 is 4.90 Å². The summed E-state index contributed by atoms with van der Waals surface area (Å²) in [5.74, 6) is 0.664. The predicted molar refractivity (Wildman–Crippen MR) is 255 cm³/mol. The Balaban J connectivity index is 0.996. The number of hydrogen-bond donors (Lipinski definition) is 0. The summed E-state index contributed by atoms with van der Waals surface area (Å²) in [4.78, 5) is 13.0. The second kappa shape index (κ2) is 14.8. The average Bonchev–Trinajstić information content (AvgIpc) is 3.78. The van der Waals surface area contributed by atoms with Crippen LogP contribution >= 0.6 is 0 Å². The third-order valence-electron chi connectivity index (χ3n) is 12.2. The van der Waals surface area contributed by atoms with Gasteiger partial charge in [-0.25, -0.2) is 9.97 Å². The summed E-state index contributed by atoms with van der Waals surface area (Å²) in [6, 6.07) is 73.1. The summed E-state index contributed by atoms with van der Waals surface area (Å²) < 4.78 is 2.32. The molecule has 4 nitrogen and oxygen atoms in total. The lowest BCUT2D eigenvalue weighted by atomic mass is 9.81. The molecule has 0 fully saturated rings. The van der Waals surface area contributed by atoms with Gasteiger partial charge in [0.1, 0.15) is 0 Å². The van der Waals surface area contributed by atoms with Crippen LogP contribution in [0.5, 0.6) is 0 Å². The van der Waals surface area contributed by atoms with Crippen molar-refractivity contribution in [3.8, 4) is 39.6 Å². The van der Waals surface area contributed by atoms with Gasteiger partial charge >= 0.3 is 0 Å². The van der Waals surface area contributed by atoms with Crippen molar-refractivity contribution in [1.29, 1.82) is 0 Å². The first kappa shape index (κ1) is 36.3. The second-order valence-electron chi connectivity index (χ2n) is 16.3. The summed E-state index contributed by atoms with van der Waals surface area (Å²) in [5.41, 5.74) is 16.6. The van der Waals surface area contributed by atoms with Crippen LogP contribution in [0, 0.1) is 0 Å². The Hall–Kier alpha value is -7.82. The van der Waals surface area contributed by atoms with E-state index in [1.165, 1.54) is 38.6 Å². The fraction of sp³-hybridized carbons (Fsp3) is 0.0526. The lowest BCUT2D eigenvalue weighted by Crippen LogP contribution is -2.17. The monoisotopic (exact) mass is 782 g/mol. The molecule has 0 unspecified atom stereocenters. The van der Waals surface area contributed by atoms with E-state index in [4.69, 9.17) is 9.97 Å².